The molecule has 0 unspecified atom stereocenters. The fourth-order valence-corrected chi connectivity index (χ4v) is 6.16. The Labute approximate surface area is 158 Å². The lowest BCUT2D eigenvalue weighted by Crippen LogP contribution is -2.64. The van der Waals surface area contributed by atoms with Gasteiger partial charge in [-0.3, -0.25) is 0 Å². The third-order valence-corrected chi connectivity index (χ3v) is 8.04. The average Bonchev–Trinajstić information content (AvgIpc) is 2.38. The number of carbonyl (C=O) groups excluding carboxylic acids is 2. The first-order valence-electron chi connectivity index (χ1n) is 10.4. The number of ether oxygens (including phenoxy) is 1. The zero-order valence-electron chi connectivity index (χ0n) is 17.5. The highest BCUT2D eigenvalue weighted by molar-refractivity contribution is 5.88. The normalized spacial score (nSPS) is 41.8. The second-order valence-electron chi connectivity index (χ2n) is 10.5. The third kappa shape index (κ3) is 2.86. The topological polar surface area (TPSA) is 43.4 Å². The number of esters is 1. The minimum atomic E-state index is -0.147. The van der Waals surface area contributed by atoms with E-state index in [0.717, 1.165) is 17.4 Å². The SMILES string of the molecule is CC(C)C12CC(C=O)(C1)C2.CCOC(=O)/C(C)=C/C12CC(C(C)C)(C1)C2. The second kappa shape index (κ2) is 6.21. The van der Waals surface area contributed by atoms with E-state index in [1.807, 2.05) is 13.8 Å². The molecule has 6 fully saturated rings. The van der Waals surface area contributed by atoms with Crippen LogP contribution >= 0.6 is 0 Å². The summed E-state index contributed by atoms with van der Waals surface area (Å²) in [5.41, 5.74) is 2.51. The van der Waals surface area contributed by atoms with Gasteiger partial charge in [-0.25, -0.2) is 4.79 Å². The van der Waals surface area contributed by atoms with Crippen LogP contribution in [0.15, 0.2) is 11.6 Å². The minimum absolute atomic E-state index is 0.147. The summed E-state index contributed by atoms with van der Waals surface area (Å²) in [6, 6.07) is 0. The summed E-state index contributed by atoms with van der Waals surface area (Å²) < 4.78 is 5.00. The quantitative estimate of drug-likeness (QED) is 0.365. The fourth-order valence-electron chi connectivity index (χ4n) is 6.16. The molecule has 0 atom stereocenters. The molecule has 0 heterocycles. The number of carbonyl (C=O) groups is 2. The number of hydrogen-bond acceptors (Lipinski definition) is 3. The van der Waals surface area contributed by atoms with E-state index in [1.54, 1.807) is 0 Å². The van der Waals surface area contributed by atoms with Crippen LogP contribution in [0.4, 0.5) is 0 Å². The Bertz CT molecular complexity index is 586. The first kappa shape index (κ1) is 19.6. The van der Waals surface area contributed by atoms with Gasteiger partial charge in [-0.15, -0.1) is 0 Å². The van der Waals surface area contributed by atoms with Gasteiger partial charge in [0.1, 0.15) is 6.29 Å². The Balaban J connectivity index is 0.000000167. The van der Waals surface area contributed by atoms with E-state index >= 15 is 0 Å². The van der Waals surface area contributed by atoms with Crippen LogP contribution in [0.2, 0.25) is 0 Å². The Hall–Kier alpha value is -1.12. The van der Waals surface area contributed by atoms with Crippen LogP contribution in [-0.2, 0) is 14.3 Å². The van der Waals surface area contributed by atoms with E-state index < -0.39 is 0 Å². The van der Waals surface area contributed by atoms with Crippen molar-refractivity contribution < 1.29 is 14.3 Å². The monoisotopic (exact) mass is 360 g/mol. The van der Waals surface area contributed by atoms with Gasteiger partial charge >= 0.3 is 5.97 Å². The summed E-state index contributed by atoms with van der Waals surface area (Å²) >= 11 is 0. The molecule has 3 nitrogen and oxygen atoms in total. The lowest BCUT2D eigenvalue weighted by molar-refractivity contribution is -0.213. The molecule has 6 saturated carbocycles. The highest BCUT2D eigenvalue weighted by atomic mass is 16.5. The van der Waals surface area contributed by atoms with Gasteiger partial charge in [-0.2, -0.15) is 0 Å². The van der Waals surface area contributed by atoms with Crippen LogP contribution in [-0.4, -0.2) is 18.9 Å². The number of hydrogen-bond donors (Lipinski definition) is 0. The van der Waals surface area contributed by atoms with Crippen LogP contribution in [0.3, 0.4) is 0 Å². The van der Waals surface area contributed by atoms with Gasteiger partial charge < -0.3 is 9.53 Å². The van der Waals surface area contributed by atoms with E-state index in [0.29, 0.717) is 22.9 Å². The Kier molecular flexibility index (Phi) is 4.69. The van der Waals surface area contributed by atoms with Crippen LogP contribution in [0, 0.1) is 33.5 Å². The summed E-state index contributed by atoms with van der Waals surface area (Å²) in [5.74, 6) is 1.42. The molecule has 0 spiro atoms. The smallest absolute Gasteiger partial charge is 0.333 e. The molecular formula is C23H36O3. The van der Waals surface area contributed by atoms with Gasteiger partial charge in [0, 0.05) is 11.0 Å². The molecular weight excluding hydrogens is 324 g/mol. The van der Waals surface area contributed by atoms with Crippen molar-refractivity contribution in [2.24, 2.45) is 33.5 Å². The number of allylic oxidation sites excluding steroid dienone is 1. The van der Waals surface area contributed by atoms with Crippen molar-refractivity contribution in [2.45, 2.75) is 80.1 Å². The van der Waals surface area contributed by atoms with E-state index in [4.69, 9.17) is 4.74 Å². The molecule has 146 valence electrons. The van der Waals surface area contributed by atoms with Crippen molar-refractivity contribution in [1.29, 1.82) is 0 Å². The Morgan fingerprint density at radius 1 is 0.923 bits per heavy atom. The number of aldehydes is 1. The van der Waals surface area contributed by atoms with Gasteiger partial charge in [0.05, 0.1) is 6.61 Å². The summed E-state index contributed by atoms with van der Waals surface area (Å²) in [7, 11) is 0. The van der Waals surface area contributed by atoms with Crippen LogP contribution in [0.25, 0.3) is 0 Å². The standard InChI is InChI=1S/C14H22O2.C9H14O/c1-5-16-12(15)11(4)6-13-7-14(8-13,9-13)10(2)3;1-7(2)9-3-8(4-9,5-9)6-10/h6,10H,5,7-9H2,1-4H3;6-7H,3-5H2,1-2H3/b11-6+;. The van der Waals surface area contributed by atoms with E-state index in [-0.39, 0.29) is 11.4 Å². The van der Waals surface area contributed by atoms with Crippen molar-refractivity contribution in [1.82, 2.24) is 0 Å². The summed E-state index contributed by atoms with van der Waals surface area (Å²) in [5, 5.41) is 0. The predicted octanol–water partition coefficient (Wildman–Crippen LogP) is 5.33. The highest BCUT2D eigenvalue weighted by Crippen LogP contribution is 2.77. The largest absolute Gasteiger partial charge is 0.463 e. The van der Waals surface area contributed by atoms with E-state index in [2.05, 4.69) is 33.8 Å². The molecule has 0 amide bonds. The van der Waals surface area contributed by atoms with Crippen LogP contribution < -0.4 is 0 Å². The molecule has 26 heavy (non-hydrogen) atoms. The molecule has 0 radical (unpaired) electrons. The average molecular weight is 361 g/mol. The Morgan fingerprint density at radius 3 is 1.69 bits per heavy atom. The summed E-state index contributed by atoms with van der Waals surface area (Å²) in [6.45, 7) is 13.4. The first-order valence-corrected chi connectivity index (χ1v) is 10.4. The summed E-state index contributed by atoms with van der Waals surface area (Å²) in [4.78, 5) is 22.0. The van der Waals surface area contributed by atoms with Crippen LogP contribution in [0.1, 0.15) is 80.1 Å². The van der Waals surface area contributed by atoms with Crippen molar-refractivity contribution in [3.05, 3.63) is 11.6 Å². The molecule has 6 rings (SSSR count). The van der Waals surface area contributed by atoms with E-state index in [1.165, 1.54) is 44.8 Å². The zero-order chi connectivity index (χ0) is 19.4. The molecule has 4 bridgehead atoms. The van der Waals surface area contributed by atoms with Gasteiger partial charge in [0.2, 0.25) is 0 Å². The summed E-state index contributed by atoms with van der Waals surface area (Å²) in [6.07, 6.45) is 10.7. The zero-order valence-corrected chi connectivity index (χ0v) is 17.5. The van der Waals surface area contributed by atoms with Crippen LogP contribution in [0.5, 0.6) is 0 Å². The lowest BCUT2D eigenvalue weighted by Gasteiger charge is -2.72. The second-order valence-corrected chi connectivity index (χ2v) is 10.5. The number of rotatable bonds is 6. The molecule has 0 aliphatic heterocycles. The van der Waals surface area contributed by atoms with E-state index in [9.17, 15) is 9.59 Å². The Morgan fingerprint density at radius 2 is 1.35 bits per heavy atom. The maximum atomic E-state index is 11.5. The van der Waals surface area contributed by atoms with Gasteiger partial charge in [0.25, 0.3) is 0 Å². The van der Waals surface area contributed by atoms with Crippen molar-refractivity contribution in [2.75, 3.05) is 6.61 Å². The van der Waals surface area contributed by atoms with Crippen molar-refractivity contribution in [3.8, 4) is 0 Å². The van der Waals surface area contributed by atoms with Gasteiger partial charge in [-0.1, -0.05) is 33.8 Å². The molecule has 0 aromatic rings. The maximum Gasteiger partial charge on any atom is 0.333 e. The molecule has 0 saturated heterocycles. The predicted molar refractivity (Wildman–Crippen MR) is 104 cm³/mol. The fraction of sp³-hybridized carbons (Fsp3) is 0.826. The molecule has 0 aromatic carbocycles. The minimum Gasteiger partial charge on any atom is -0.463 e. The first-order chi connectivity index (χ1) is 12.1. The molecule has 3 heteroatoms. The molecule has 6 aliphatic rings. The van der Waals surface area contributed by atoms with Gasteiger partial charge in [0.15, 0.2) is 0 Å². The maximum absolute atomic E-state index is 11.5. The molecule has 0 aromatic heterocycles. The third-order valence-electron chi connectivity index (χ3n) is 8.04. The van der Waals surface area contributed by atoms with Gasteiger partial charge in [-0.05, 0) is 80.5 Å². The lowest BCUT2D eigenvalue weighted by atomic mass is 9.32. The highest BCUT2D eigenvalue weighted by Gasteiger charge is 2.68. The molecule has 0 N–H and O–H groups in total. The molecule has 6 aliphatic carbocycles. The van der Waals surface area contributed by atoms with Crippen molar-refractivity contribution >= 4 is 12.3 Å². The van der Waals surface area contributed by atoms with Crippen molar-refractivity contribution in [3.63, 3.8) is 0 Å².